The molecule has 6 heteroatoms. The van der Waals surface area contributed by atoms with Crippen LogP contribution in [0.2, 0.25) is 0 Å². The molecule has 1 aromatic heterocycles. The van der Waals surface area contributed by atoms with Crippen molar-refractivity contribution in [1.29, 1.82) is 0 Å². The summed E-state index contributed by atoms with van der Waals surface area (Å²) in [5, 5.41) is 13.1. The zero-order valence-corrected chi connectivity index (χ0v) is 18.0. The molecule has 0 radical (unpaired) electrons. The molecule has 5 nitrogen and oxygen atoms in total. The Labute approximate surface area is 165 Å². The lowest BCUT2D eigenvalue weighted by molar-refractivity contribution is 0.112. The second kappa shape index (κ2) is 14.2. The fourth-order valence-electron chi connectivity index (χ4n) is 3.18. The lowest BCUT2D eigenvalue weighted by Gasteiger charge is -2.10. The molecule has 0 saturated carbocycles. The number of unbranched alkanes of at least 4 members (excludes halogenated alkanes) is 11. The van der Waals surface area contributed by atoms with Gasteiger partial charge in [0.1, 0.15) is 17.3 Å². The Morgan fingerprint density at radius 2 is 1.44 bits per heavy atom. The molecule has 27 heavy (non-hydrogen) atoms. The van der Waals surface area contributed by atoms with E-state index in [9.17, 15) is 13.5 Å². The SMILES string of the molecule is CCCCCCCCCCCCCCNC(O)c1ccc(CS(C)(=O)=O)o1. The van der Waals surface area contributed by atoms with Crippen molar-refractivity contribution < 1.29 is 17.9 Å². The average molecular weight is 402 g/mol. The maximum absolute atomic E-state index is 11.3. The summed E-state index contributed by atoms with van der Waals surface area (Å²) in [7, 11) is -3.13. The van der Waals surface area contributed by atoms with Crippen molar-refractivity contribution in [2.45, 2.75) is 96.0 Å². The summed E-state index contributed by atoms with van der Waals surface area (Å²) in [6.45, 7) is 2.98. The predicted molar refractivity (Wildman–Crippen MR) is 111 cm³/mol. The van der Waals surface area contributed by atoms with Crippen LogP contribution in [-0.4, -0.2) is 26.3 Å². The van der Waals surface area contributed by atoms with Gasteiger partial charge in [-0.1, -0.05) is 77.6 Å². The molecule has 0 spiro atoms. The lowest BCUT2D eigenvalue weighted by atomic mass is 10.1. The van der Waals surface area contributed by atoms with Gasteiger partial charge in [0.15, 0.2) is 16.1 Å². The van der Waals surface area contributed by atoms with E-state index in [1.165, 1.54) is 64.2 Å². The van der Waals surface area contributed by atoms with Gasteiger partial charge in [-0.2, -0.15) is 0 Å². The third kappa shape index (κ3) is 13.0. The van der Waals surface area contributed by atoms with Crippen LogP contribution in [0.15, 0.2) is 16.5 Å². The largest absolute Gasteiger partial charge is 0.461 e. The normalized spacial score (nSPS) is 13.1. The molecule has 1 heterocycles. The molecule has 0 fully saturated rings. The van der Waals surface area contributed by atoms with Crippen molar-refractivity contribution in [2.75, 3.05) is 12.8 Å². The molecule has 1 atom stereocenters. The molecule has 0 aliphatic rings. The highest BCUT2D eigenvalue weighted by Crippen LogP contribution is 2.17. The number of nitrogens with one attached hydrogen (secondary N) is 1. The first kappa shape index (κ1) is 24.2. The van der Waals surface area contributed by atoms with Crippen LogP contribution in [-0.2, 0) is 15.6 Å². The van der Waals surface area contributed by atoms with Crippen LogP contribution in [0.1, 0.15) is 102 Å². The summed E-state index contributed by atoms with van der Waals surface area (Å²) in [5.74, 6) is 0.588. The zero-order chi connectivity index (χ0) is 20.0. The molecule has 0 bridgehead atoms. The van der Waals surface area contributed by atoms with Crippen LogP contribution < -0.4 is 5.32 Å². The molecule has 0 aromatic carbocycles. The monoisotopic (exact) mass is 401 g/mol. The minimum Gasteiger partial charge on any atom is -0.461 e. The molecule has 0 amide bonds. The van der Waals surface area contributed by atoms with Crippen molar-refractivity contribution in [1.82, 2.24) is 5.32 Å². The summed E-state index contributed by atoms with van der Waals surface area (Å²) in [6.07, 6.45) is 15.9. The first-order valence-corrected chi connectivity index (χ1v) is 12.7. The van der Waals surface area contributed by atoms with E-state index < -0.39 is 16.1 Å². The standard InChI is InChI=1S/C21H39NO4S/c1-3-4-5-6-7-8-9-10-11-12-13-14-17-22-21(23)20-16-15-19(26-20)18-27(2,24)25/h15-16,21-23H,3-14,17-18H2,1-2H3. The first-order valence-electron chi connectivity index (χ1n) is 10.6. The van der Waals surface area contributed by atoms with Gasteiger partial charge in [0.05, 0.1) is 0 Å². The summed E-state index contributed by atoms with van der Waals surface area (Å²) in [4.78, 5) is 0. The molecule has 2 N–H and O–H groups in total. The molecular formula is C21H39NO4S. The van der Waals surface area contributed by atoms with Crippen molar-refractivity contribution in [3.05, 3.63) is 23.7 Å². The Hall–Kier alpha value is -0.850. The van der Waals surface area contributed by atoms with E-state index in [0.717, 1.165) is 25.6 Å². The fourth-order valence-corrected chi connectivity index (χ4v) is 3.85. The molecule has 0 aliphatic heterocycles. The Morgan fingerprint density at radius 3 is 1.96 bits per heavy atom. The smallest absolute Gasteiger partial charge is 0.163 e. The number of hydrogen-bond acceptors (Lipinski definition) is 5. The van der Waals surface area contributed by atoms with Crippen LogP contribution in [0.3, 0.4) is 0 Å². The van der Waals surface area contributed by atoms with Gasteiger partial charge in [0.2, 0.25) is 0 Å². The molecule has 1 unspecified atom stereocenters. The lowest BCUT2D eigenvalue weighted by Crippen LogP contribution is -2.21. The molecule has 1 aromatic rings. The molecular weight excluding hydrogens is 362 g/mol. The van der Waals surface area contributed by atoms with E-state index in [1.807, 2.05) is 0 Å². The highest BCUT2D eigenvalue weighted by atomic mass is 32.2. The van der Waals surface area contributed by atoms with Gasteiger partial charge < -0.3 is 9.52 Å². The number of aliphatic hydroxyl groups is 1. The van der Waals surface area contributed by atoms with E-state index in [1.54, 1.807) is 12.1 Å². The van der Waals surface area contributed by atoms with Gasteiger partial charge >= 0.3 is 0 Å². The number of aliphatic hydroxyl groups excluding tert-OH is 1. The van der Waals surface area contributed by atoms with Crippen molar-refractivity contribution >= 4 is 9.84 Å². The van der Waals surface area contributed by atoms with Gasteiger partial charge in [-0.05, 0) is 25.1 Å². The first-order chi connectivity index (χ1) is 12.9. The van der Waals surface area contributed by atoms with Crippen LogP contribution in [0.5, 0.6) is 0 Å². The van der Waals surface area contributed by atoms with Gasteiger partial charge in [0, 0.05) is 6.26 Å². The summed E-state index contributed by atoms with van der Waals surface area (Å²) >= 11 is 0. The van der Waals surface area contributed by atoms with Crippen LogP contribution in [0.25, 0.3) is 0 Å². The second-order valence-electron chi connectivity index (χ2n) is 7.62. The van der Waals surface area contributed by atoms with Crippen molar-refractivity contribution in [2.24, 2.45) is 0 Å². The fraction of sp³-hybridized carbons (Fsp3) is 0.810. The van der Waals surface area contributed by atoms with Crippen LogP contribution >= 0.6 is 0 Å². The summed E-state index contributed by atoms with van der Waals surface area (Å²) in [6, 6.07) is 3.23. The highest BCUT2D eigenvalue weighted by molar-refractivity contribution is 7.89. The third-order valence-electron chi connectivity index (χ3n) is 4.72. The van der Waals surface area contributed by atoms with E-state index in [-0.39, 0.29) is 5.75 Å². The number of rotatable bonds is 17. The third-order valence-corrected chi connectivity index (χ3v) is 5.53. The van der Waals surface area contributed by atoms with Gasteiger partial charge in [-0.25, -0.2) is 8.42 Å². The Bertz CT molecular complexity index is 583. The highest BCUT2D eigenvalue weighted by Gasteiger charge is 2.14. The van der Waals surface area contributed by atoms with E-state index in [4.69, 9.17) is 4.42 Å². The van der Waals surface area contributed by atoms with Crippen LogP contribution in [0.4, 0.5) is 0 Å². The van der Waals surface area contributed by atoms with Crippen molar-refractivity contribution in [3.63, 3.8) is 0 Å². The molecule has 0 aliphatic carbocycles. The van der Waals surface area contributed by atoms with Crippen molar-refractivity contribution in [3.8, 4) is 0 Å². The second-order valence-corrected chi connectivity index (χ2v) is 9.76. The van der Waals surface area contributed by atoms with Gasteiger partial charge in [-0.3, -0.25) is 5.32 Å². The molecule has 0 saturated heterocycles. The summed E-state index contributed by atoms with van der Waals surface area (Å²) in [5.41, 5.74) is 0. The minimum atomic E-state index is -3.13. The average Bonchev–Trinajstić information content (AvgIpc) is 3.05. The maximum Gasteiger partial charge on any atom is 0.163 e. The zero-order valence-electron chi connectivity index (χ0n) is 17.2. The van der Waals surface area contributed by atoms with Gasteiger partial charge in [0.25, 0.3) is 0 Å². The topological polar surface area (TPSA) is 79.5 Å². The molecule has 158 valence electrons. The Balaban J connectivity index is 1.97. The number of furan rings is 1. The number of sulfone groups is 1. The quantitative estimate of drug-likeness (QED) is 0.280. The van der Waals surface area contributed by atoms with Crippen LogP contribution in [0, 0.1) is 0 Å². The minimum absolute atomic E-state index is 0.140. The van der Waals surface area contributed by atoms with E-state index in [2.05, 4.69) is 12.2 Å². The van der Waals surface area contributed by atoms with E-state index in [0.29, 0.717) is 11.5 Å². The Morgan fingerprint density at radius 1 is 0.926 bits per heavy atom. The summed E-state index contributed by atoms with van der Waals surface area (Å²) < 4.78 is 27.9. The Kier molecular flexibility index (Phi) is 12.7. The number of hydrogen-bond donors (Lipinski definition) is 2. The maximum atomic E-state index is 11.3. The molecule has 1 rings (SSSR count). The predicted octanol–water partition coefficient (Wildman–Crippen LogP) is 5.11. The van der Waals surface area contributed by atoms with Gasteiger partial charge in [-0.15, -0.1) is 0 Å². The van der Waals surface area contributed by atoms with E-state index >= 15 is 0 Å².